The van der Waals surface area contributed by atoms with Crippen LogP contribution >= 0.6 is 0 Å². The van der Waals surface area contributed by atoms with Crippen LogP contribution in [-0.4, -0.2) is 23.7 Å². The van der Waals surface area contributed by atoms with Gasteiger partial charge in [-0.25, -0.2) is 9.19 Å². The highest BCUT2D eigenvalue weighted by molar-refractivity contribution is 7.95. The Labute approximate surface area is 177 Å². The topological polar surface area (TPSA) is 84.6 Å². The maximum Gasteiger partial charge on any atom is 0.282 e. The summed E-state index contributed by atoms with van der Waals surface area (Å²) in [5.41, 5.74) is -0.588. The zero-order valence-electron chi connectivity index (χ0n) is 18.3. The summed E-state index contributed by atoms with van der Waals surface area (Å²) in [4.78, 5) is 18.5. The highest BCUT2D eigenvalue weighted by Gasteiger charge is 2.33. The number of rotatable bonds is 3. The van der Waals surface area contributed by atoms with E-state index < -0.39 is 31.6 Å². The SMILES string of the molecule is CC(C)(C)[C@H](O)c1nc2ccccc2c(=O)n1N=[S@](=O)(c1ccccc1)C(C)(C)C. The summed E-state index contributed by atoms with van der Waals surface area (Å²) in [6.45, 7) is 11.0. The minimum absolute atomic E-state index is 0.0825. The lowest BCUT2D eigenvalue weighted by molar-refractivity contribution is 0.0514. The molecule has 30 heavy (non-hydrogen) atoms. The molecule has 1 N–H and O–H groups in total. The van der Waals surface area contributed by atoms with Gasteiger partial charge in [0, 0.05) is 4.90 Å². The van der Waals surface area contributed by atoms with Crippen molar-refractivity contribution < 1.29 is 9.32 Å². The molecule has 0 saturated heterocycles. The smallest absolute Gasteiger partial charge is 0.282 e. The first kappa shape index (κ1) is 22.2. The minimum Gasteiger partial charge on any atom is -0.385 e. The van der Waals surface area contributed by atoms with E-state index in [1.807, 2.05) is 47.6 Å². The molecule has 6 nitrogen and oxygen atoms in total. The fraction of sp³-hybridized carbons (Fsp3) is 0.391. The van der Waals surface area contributed by atoms with E-state index in [-0.39, 0.29) is 5.82 Å². The van der Waals surface area contributed by atoms with Gasteiger partial charge in [-0.3, -0.25) is 4.79 Å². The standard InChI is InChI=1S/C23H29N3O3S/c1-22(2,3)19(27)20-24-18-15-11-10-14-17(18)21(28)26(20)25-30(29,23(4,5)6)16-12-8-7-9-13-16/h7-15,19,27H,1-6H3/t19-,30+/m1/s1. The minimum atomic E-state index is -3.09. The second kappa shape index (κ2) is 7.63. The third-order valence-corrected chi connectivity index (χ3v) is 7.90. The van der Waals surface area contributed by atoms with Crippen molar-refractivity contribution in [3.8, 4) is 0 Å². The van der Waals surface area contributed by atoms with Gasteiger partial charge in [0.25, 0.3) is 5.56 Å². The molecule has 2 aromatic carbocycles. The van der Waals surface area contributed by atoms with E-state index in [1.165, 1.54) is 0 Å². The quantitative estimate of drug-likeness (QED) is 0.664. The molecule has 0 amide bonds. The lowest BCUT2D eigenvalue weighted by Crippen LogP contribution is -2.33. The largest absolute Gasteiger partial charge is 0.385 e. The second-order valence-electron chi connectivity index (χ2n) is 9.41. The lowest BCUT2D eigenvalue weighted by Gasteiger charge is -2.28. The molecular formula is C23H29N3O3S. The summed E-state index contributed by atoms with van der Waals surface area (Å²) in [6.07, 6.45) is -1.09. The predicted octanol–water partition coefficient (Wildman–Crippen LogP) is 4.56. The van der Waals surface area contributed by atoms with Crippen LogP contribution in [0.4, 0.5) is 0 Å². The van der Waals surface area contributed by atoms with Gasteiger partial charge in [0.05, 0.1) is 15.6 Å². The number of hydrogen-bond acceptors (Lipinski definition) is 5. The first-order valence-corrected chi connectivity index (χ1v) is 11.4. The van der Waals surface area contributed by atoms with Crippen LogP contribution in [0.15, 0.2) is 68.8 Å². The van der Waals surface area contributed by atoms with Crippen LogP contribution in [0.2, 0.25) is 0 Å². The summed E-state index contributed by atoms with van der Waals surface area (Å²) >= 11 is 0. The zero-order valence-corrected chi connectivity index (χ0v) is 19.1. The molecule has 0 fully saturated rings. The maximum atomic E-state index is 14.3. The molecule has 0 aliphatic heterocycles. The molecule has 3 aromatic rings. The summed E-state index contributed by atoms with van der Waals surface area (Å²) in [7, 11) is -3.09. The Morgan fingerprint density at radius 1 is 0.967 bits per heavy atom. The Hall–Kier alpha value is -2.51. The maximum absolute atomic E-state index is 14.3. The van der Waals surface area contributed by atoms with E-state index >= 15 is 0 Å². The number of para-hydroxylation sites is 1. The Morgan fingerprint density at radius 3 is 2.10 bits per heavy atom. The van der Waals surface area contributed by atoms with Crippen molar-refractivity contribution >= 4 is 20.6 Å². The third-order valence-electron chi connectivity index (χ3n) is 4.93. The normalized spacial score (nSPS) is 15.6. The van der Waals surface area contributed by atoms with Gasteiger partial charge in [-0.05, 0) is 50.5 Å². The average molecular weight is 428 g/mol. The molecule has 0 radical (unpaired) electrons. The monoisotopic (exact) mass is 427 g/mol. The van der Waals surface area contributed by atoms with Crippen LogP contribution < -0.4 is 5.56 Å². The zero-order chi connectivity index (χ0) is 22.3. The van der Waals surface area contributed by atoms with Gasteiger partial charge < -0.3 is 5.11 Å². The lowest BCUT2D eigenvalue weighted by atomic mass is 9.88. The van der Waals surface area contributed by atoms with Gasteiger partial charge >= 0.3 is 0 Å². The van der Waals surface area contributed by atoms with Gasteiger partial charge in [-0.1, -0.05) is 51.1 Å². The van der Waals surface area contributed by atoms with E-state index in [1.54, 1.807) is 48.5 Å². The number of benzene rings is 2. The summed E-state index contributed by atoms with van der Waals surface area (Å²) in [5.74, 6) is 0.0825. The molecule has 0 saturated carbocycles. The van der Waals surface area contributed by atoms with Crippen molar-refractivity contribution in [3.05, 3.63) is 70.8 Å². The fourth-order valence-corrected chi connectivity index (χ4v) is 4.99. The molecule has 0 bridgehead atoms. The number of hydrogen-bond donors (Lipinski definition) is 1. The van der Waals surface area contributed by atoms with Crippen molar-refractivity contribution in [2.75, 3.05) is 0 Å². The summed E-state index contributed by atoms with van der Waals surface area (Å²) in [5, 5.41) is 11.4. The van der Waals surface area contributed by atoms with Crippen LogP contribution in [0.1, 0.15) is 53.5 Å². The van der Waals surface area contributed by atoms with Crippen LogP contribution in [0.25, 0.3) is 10.9 Å². The van der Waals surface area contributed by atoms with E-state index in [2.05, 4.69) is 9.46 Å². The molecule has 2 atom stereocenters. The molecule has 7 heteroatoms. The first-order valence-electron chi connectivity index (χ1n) is 9.88. The van der Waals surface area contributed by atoms with E-state index in [4.69, 9.17) is 0 Å². The number of fused-ring (bicyclic) bond motifs is 1. The van der Waals surface area contributed by atoms with Crippen molar-refractivity contribution in [1.82, 2.24) is 9.66 Å². The Morgan fingerprint density at radius 2 is 1.53 bits per heavy atom. The molecule has 0 aliphatic carbocycles. The highest BCUT2D eigenvalue weighted by atomic mass is 32.2. The number of aromatic nitrogens is 2. The summed E-state index contributed by atoms with van der Waals surface area (Å²) in [6, 6.07) is 15.8. The highest BCUT2D eigenvalue weighted by Crippen LogP contribution is 2.33. The van der Waals surface area contributed by atoms with Crippen LogP contribution in [0.5, 0.6) is 0 Å². The van der Waals surface area contributed by atoms with Crippen LogP contribution in [0.3, 0.4) is 0 Å². The number of aliphatic hydroxyl groups is 1. The Kier molecular flexibility index (Phi) is 5.64. The van der Waals surface area contributed by atoms with Crippen molar-refractivity contribution in [3.63, 3.8) is 0 Å². The third kappa shape index (κ3) is 3.91. The van der Waals surface area contributed by atoms with Crippen molar-refractivity contribution in [2.24, 2.45) is 9.89 Å². The molecule has 0 aliphatic rings. The number of aliphatic hydroxyl groups excluding tert-OH is 1. The van der Waals surface area contributed by atoms with E-state index in [9.17, 15) is 14.1 Å². The molecule has 0 spiro atoms. The number of nitrogens with zero attached hydrogens (tertiary/aromatic N) is 3. The summed E-state index contributed by atoms with van der Waals surface area (Å²) < 4.78 is 19.1. The molecule has 3 rings (SSSR count). The molecule has 1 aromatic heterocycles. The Balaban J connectivity index is 2.48. The van der Waals surface area contributed by atoms with E-state index in [0.29, 0.717) is 15.8 Å². The van der Waals surface area contributed by atoms with Gasteiger partial charge in [0.1, 0.15) is 15.8 Å². The molecular weight excluding hydrogens is 398 g/mol. The Bertz CT molecular complexity index is 1240. The van der Waals surface area contributed by atoms with Crippen LogP contribution in [0, 0.1) is 5.41 Å². The van der Waals surface area contributed by atoms with E-state index in [0.717, 1.165) is 4.68 Å². The van der Waals surface area contributed by atoms with Crippen LogP contribution in [-0.2, 0) is 9.73 Å². The van der Waals surface area contributed by atoms with Gasteiger partial charge in [0.15, 0.2) is 5.82 Å². The molecule has 1 heterocycles. The van der Waals surface area contributed by atoms with Crippen molar-refractivity contribution in [2.45, 2.75) is 57.3 Å². The molecule has 0 unspecified atom stereocenters. The molecule has 160 valence electrons. The average Bonchev–Trinajstić information content (AvgIpc) is 2.68. The first-order chi connectivity index (χ1) is 13.9. The van der Waals surface area contributed by atoms with Gasteiger partial charge in [-0.15, -0.1) is 4.47 Å². The van der Waals surface area contributed by atoms with Crippen molar-refractivity contribution in [1.29, 1.82) is 0 Å². The van der Waals surface area contributed by atoms with Gasteiger partial charge in [-0.2, -0.15) is 4.68 Å². The second-order valence-corrected chi connectivity index (χ2v) is 12.3. The predicted molar refractivity (Wildman–Crippen MR) is 121 cm³/mol. The van der Waals surface area contributed by atoms with Gasteiger partial charge in [0.2, 0.25) is 0 Å². The fourth-order valence-electron chi connectivity index (χ4n) is 3.03.